The minimum atomic E-state index is -3.73. The van der Waals surface area contributed by atoms with Crippen molar-refractivity contribution in [2.24, 2.45) is 5.14 Å². The molecule has 0 aliphatic carbocycles. The molecule has 0 bridgehead atoms. The molecule has 0 atom stereocenters. The summed E-state index contributed by atoms with van der Waals surface area (Å²) in [5.74, 6) is 0.474. The summed E-state index contributed by atoms with van der Waals surface area (Å²) in [5.41, 5.74) is 1.18. The van der Waals surface area contributed by atoms with Crippen LogP contribution >= 0.6 is 0 Å². The Balaban J connectivity index is 2.79. The van der Waals surface area contributed by atoms with Crippen LogP contribution < -0.4 is 15.2 Å². The zero-order valence-corrected chi connectivity index (χ0v) is 12.7. The molecule has 0 aliphatic heterocycles. The molecule has 0 saturated heterocycles. The number of nitrogens with two attached hydrogens (primary N) is 1. The van der Waals surface area contributed by atoms with Gasteiger partial charge in [0, 0.05) is 6.54 Å². The predicted molar refractivity (Wildman–Crippen MR) is 76.1 cm³/mol. The molecule has 0 fully saturated rings. The third-order valence-electron chi connectivity index (χ3n) is 2.74. The molecule has 6 nitrogen and oxygen atoms in total. The number of rotatable bonds is 6. The highest BCUT2D eigenvalue weighted by Gasteiger charge is 2.14. The molecule has 7 heteroatoms. The van der Waals surface area contributed by atoms with Crippen molar-refractivity contribution in [2.75, 3.05) is 13.2 Å². The molecule has 0 aromatic heterocycles. The molecular weight excluding hydrogens is 280 g/mol. The van der Waals surface area contributed by atoms with E-state index in [1.165, 1.54) is 6.07 Å². The van der Waals surface area contributed by atoms with Crippen LogP contribution in [0.3, 0.4) is 0 Å². The van der Waals surface area contributed by atoms with E-state index in [9.17, 15) is 13.2 Å². The maximum Gasteiger partial charge on any atom is 0.238 e. The van der Waals surface area contributed by atoms with Gasteiger partial charge in [0.05, 0.1) is 17.9 Å². The zero-order valence-electron chi connectivity index (χ0n) is 11.9. The summed E-state index contributed by atoms with van der Waals surface area (Å²) >= 11 is 0. The lowest BCUT2D eigenvalue weighted by Crippen LogP contribution is -2.24. The van der Waals surface area contributed by atoms with E-state index >= 15 is 0 Å². The van der Waals surface area contributed by atoms with Crippen LogP contribution in [-0.4, -0.2) is 27.5 Å². The number of amides is 1. The lowest BCUT2D eigenvalue weighted by Gasteiger charge is -2.12. The molecule has 112 valence electrons. The lowest BCUT2D eigenvalue weighted by molar-refractivity contribution is -0.121. The van der Waals surface area contributed by atoms with Crippen LogP contribution in [0.2, 0.25) is 0 Å². The van der Waals surface area contributed by atoms with Gasteiger partial charge in [-0.3, -0.25) is 4.79 Å². The predicted octanol–water partition coefficient (Wildman–Crippen LogP) is 0.856. The Bertz CT molecular complexity index is 597. The number of hydrogen-bond donors (Lipinski definition) is 2. The second kappa shape index (κ2) is 6.71. The molecule has 0 aliphatic rings. The van der Waals surface area contributed by atoms with Gasteiger partial charge < -0.3 is 10.1 Å². The monoisotopic (exact) mass is 300 g/mol. The first-order chi connectivity index (χ1) is 9.25. The van der Waals surface area contributed by atoms with Crippen molar-refractivity contribution >= 4 is 15.9 Å². The zero-order chi connectivity index (χ0) is 15.3. The fraction of sp³-hybridized carbons (Fsp3) is 0.462. The molecule has 1 rings (SSSR count). The van der Waals surface area contributed by atoms with E-state index in [2.05, 4.69) is 5.32 Å². The first-order valence-electron chi connectivity index (χ1n) is 6.29. The molecule has 1 aromatic carbocycles. The van der Waals surface area contributed by atoms with Crippen LogP contribution in [-0.2, 0) is 14.8 Å². The van der Waals surface area contributed by atoms with Gasteiger partial charge in [0.2, 0.25) is 15.9 Å². The number of aryl methyl sites for hydroxylation is 2. The maximum absolute atomic E-state index is 11.4. The number of carbonyl (C=O) groups excluding carboxylic acids is 1. The normalized spacial score (nSPS) is 11.2. The van der Waals surface area contributed by atoms with Crippen molar-refractivity contribution < 1.29 is 17.9 Å². The Kier molecular flexibility index (Phi) is 5.52. The summed E-state index contributed by atoms with van der Waals surface area (Å²) in [6, 6.07) is 3.10. The lowest BCUT2D eigenvalue weighted by atomic mass is 10.1. The third kappa shape index (κ3) is 4.50. The second-order valence-corrected chi connectivity index (χ2v) is 6.01. The SMILES string of the molecule is CCNC(=O)CCOc1cc(C)c(S(N)(=O)=O)cc1C. The molecule has 0 saturated carbocycles. The Morgan fingerprint density at radius 2 is 1.95 bits per heavy atom. The number of hydrogen-bond acceptors (Lipinski definition) is 4. The Hall–Kier alpha value is -1.60. The largest absolute Gasteiger partial charge is 0.493 e. The van der Waals surface area contributed by atoms with Crippen LogP contribution in [0.15, 0.2) is 17.0 Å². The van der Waals surface area contributed by atoms with Crippen molar-refractivity contribution in [1.82, 2.24) is 5.32 Å². The maximum atomic E-state index is 11.4. The molecule has 20 heavy (non-hydrogen) atoms. The highest BCUT2D eigenvalue weighted by molar-refractivity contribution is 7.89. The van der Waals surface area contributed by atoms with Crippen molar-refractivity contribution in [3.8, 4) is 5.75 Å². The van der Waals surface area contributed by atoms with E-state index < -0.39 is 10.0 Å². The third-order valence-corrected chi connectivity index (χ3v) is 3.79. The minimum absolute atomic E-state index is 0.0805. The van der Waals surface area contributed by atoms with E-state index in [0.29, 0.717) is 23.4 Å². The molecule has 0 heterocycles. The van der Waals surface area contributed by atoms with Crippen molar-refractivity contribution in [2.45, 2.75) is 32.1 Å². The van der Waals surface area contributed by atoms with Gasteiger partial charge in [0.15, 0.2) is 0 Å². The number of carbonyl (C=O) groups is 1. The van der Waals surface area contributed by atoms with Crippen molar-refractivity contribution in [1.29, 1.82) is 0 Å². The summed E-state index contributed by atoms with van der Waals surface area (Å²) < 4.78 is 28.3. The van der Waals surface area contributed by atoms with Gasteiger partial charge in [-0.05, 0) is 44.0 Å². The Morgan fingerprint density at radius 3 is 2.50 bits per heavy atom. The molecule has 3 N–H and O–H groups in total. The van der Waals surface area contributed by atoms with E-state index in [0.717, 1.165) is 0 Å². The van der Waals surface area contributed by atoms with Crippen LogP contribution in [0.5, 0.6) is 5.75 Å². The van der Waals surface area contributed by atoms with Gasteiger partial charge in [-0.2, -0.15) is 0 Å². The standard InChI is InChI=1S/C13H20N2O4S/c1-4-15-13(16)5-6-19-11-7-10(3)12(8-9(11)2)20(14,17)18/h7-8H,4-6H2,1-3H3,(H,15,16)(H2,14,17,18). The number of ether oxygens (including phenoxy) is 1. The van der Waals surface area contributed by atoms with Crippen molar-refractivity contribution in [3.63, 3.8) is 0 Å². The first kappa shape index (κ1) is 16.5. The number of sulfonamides is 1. The first-order valence-corrected chi connectivity index (χ1v) is 7.84. The number of nitrogens with one attached hydrogen (secondary N) is 1. The van der Waals surface area contributed by atoms with Gasteiger partial charge in [0.25, 0.3) is 0 Å². The molecule has 1 amide bonds. The fourth-order valence-corrected chi connectivity index (χ4v) is 2.61. The van der Waals surface area contributed by atoms with Crippen LogP contribution in [0.25, 0.3) is 0 Å². The molecule has 0 spiro atoms. The van der Waals surface area contributed by atoms with Gasteiger partial charge in [-0.1, -0.05) is 0 Å². The van der Waals surface area contributed by atoms with E-state index in [1.54, 1.807) is 19.9 Å². The summed E-state index contributed by atoms with van der Waals surface area (Å²) in [5, 5.41) is 7.80. The van der Waals surface area contributed by atoms with Gasteiger partial charge >= 0.3 is 0 Å². The average Bonchev–Trinajstić information content (AvgIpc) is 2.32. The molecular formula is C13H20N2O4S. The Labute approximate surface area is 119 Å². The average molecular weight is 300 g/mol. The summed E-state index contributed by atoms with van der Waals surface area (Å²) in [7, 11) is -3.73. The van der Waals surface area contributed by atoms with Gasteiger partial charge in [0.1, 0.15) is 5.75 Å². The van der Waals surface area contributed by atoms with Gasteiger partial charge in [-0.25, -0.2) is 13.6 Å². The summed E-state index contributed by atoms with van der Waals surface area (Å²) in [4.78, 5) is 11.4. The van der Waals surface area contributed by atoms with E-state index in [4.69, 9.17) is 9.88 Å². The Morgan fingerprint density at radius 1 is 1.30 bits per heavy atom. The van der Waals surface area contributed by atoms with Crippen LogP contribution in [0.1, 0.15) is 24.5 Å². The topological polar surface area (TPSA) is 98.5 Å². The molecule has 0 radical (unpaired) electrons. The van der Waals surface area contributed by atoms with E-state index in [-0.39, 0.29) is 23.8 Å². The highest BCUT2D eigenvalue weighted by Crippen LogP contribution is 2.25. The van der Waals surface area contributed by atoms with E-state index in [1.807, 2.05) is 6.92 Å². The summed E-state index contributed by atoms with van der Waals surface area (Å²) in [6.07, 6.45) is 0.253. The smallest absolute Gasteiger partial charge is 0.238 e. The quantitative estimate of drug-likeness (QED) is 0.814. The highest BCUT2D eigenvalue weighted by atomic mass is 32.2. The second-order valence-electron chi connectivity index (χ2n) is 4.48. The summed E-state index contributed by atoms with van der Waals surface area (Å²) in [6.45, 7) is 6.05. The van der Waals surface area contributed by atoms with Crippen molar-refractivity contribution in [3.05, 3.63) is 23.3 Å². The number of primary sulfonamides is 1. The molecule has 0 unspecified atom stereocenters. The molecule has 1 aromatic rings. The van der Waals surface area contributed by atoms with Gasteiger partial charge in [-0.15, -0.1) is 0 Å². The minimum Gasteiger partial charge on any atom is -0.493 e. The van der Waals surface area contributed by atoms with Crippen LogP contribution in [0, 0.1) is 13.8 Å². The number of benzene rings is 1. The van der Waals surface area contributed by atoms with Crippen LogP contribution in [0.4, 0.5) is 0 Å². The fourth-order valence-electron chi connectivity index (χ4n) is 1.76.